The van der Waals surface area contributed by atoms with Crippen molar-refractivity contribution in [1.29, 1.82) is 0 Å². The van der Waals surface area contributed by atoms with Crippen LogP contribution in [0.1, 0.15) is 39.2 Å². The van der Waals surface area contributed by atoms with Crippen molar-refractivity contribution in [1.82, 2.24) is 5.32 Å². The number of urea groups is 1. The molecule has 0 aromatic heterocycles. The third kappa shape index (κ3) is 4.48. The highest BCUT2D eigenvalue weighted by atomic mass is 16.4. The zero-order valence-electron chi connectivity index (χ0n) is 12.9. The molecule has 0 unspecified atom stereocenters. The van der Waals surface area contributed by atoms with Crippen molar-refractivity contribution < 1.29 is 14.7 Å². The van der Waals surface area contributed by atoms with E-state index in [-0.39, 0.29) is 12.6 Å². The monoisotopic (exact) mass is 292 g/mol. The quantitative estimate of drug-likeness (QED) is 0.721. The molecule has 1 aromatic carbocycles. The molecule has 0 aliphatic rings. The fourth-order valence-corrected chi connectivity index (χ4v) is 2.13. The van der Waals surface area contributed by atoms with E-state index < -0.39 is 11.4 Å². The highest BCUT2D eigenvalue weighted by molar-refractivity contribution is 5.89. The summed E-state index contributed by atoms with van der Waals surface area (Å²) in [6.07, 6.45) is 1.90. The van der Waals surface area contributed by atoms with Crippen LogP contribution in [0.2, 0.25) is 0 Å². The second kappa shape index (κ2) is 7.67. The van der Waals surface area contributed by atoms with E-state index in [0.29, 0.717) is 18.5 Å². The number of nitrogens with one attached hydrogen (secondary N) is 2. The van der Waals surface area contributed by atoms with Crippen LogP contribution in [0.3, 0.4) is 0 Å². The summed E-state index contributed by atoms with van der Waals surface area (Å²) in [6, 6.07) is 7.20. The van der Waals surface area contributed by atoms with Crippen LogP contribution in [-0.4, -0.2) is 23.7 Å². The molecule has 3 N–H and O–H groups in total. The molecule has 1 aromatic rings. The van der Waals surface area contributed by atoms with Gasteiger partial charge in [-0.05, 0) is 37.0 Å². The maximum absolute atomic E-state index is 11.9. The Labute approximate surface area is 125 Å². The van der Waals surface area contributed by atoms with E-state index in [1.807, 2.05) is 38.1 Å². The smallest absolute Gasteiger partial charge is 0.319 e. The van der Waals surface area contributed by atoms with Crippen LogP contribution in [0.15, 0.2) is 24.3 Å². The molecule has 0 spiro atoms. The van der Waals surface area contributed by atoms with Crippen molar-refractivity contribution in [3.05, 3.63) is 29.8 Å². The topological polar surface area (TPSA) is 78.4 Å². The fraction of sp³-hybridized carbons (Fsp3) is 0.500. The number of anilines is 1. The lowest BCUT2D eigenvalue weighted by Crippen LogP contribution is -2.43. The summed E-state index contributed by atoms with van der Waals surface area (Å²) in [7, 11) is 0. The Morgan fingerprint density at radius 1 is 1.10 bits per heavy atom. The zero-order valence-corrected chi connectivity index (χ0v) is 12.9. The van der Waals surface area contributed by atoms with Gasteiger partial charge in [0.15, 0.2) is 0 Å². The molecule has 0 radical (unpaired) electrons. The van der Waals surface area contributed by atoms with Gasteiger partial charge in [-0.3, -0.25) is 4.79 Å². The lowest BCUT2D eigenvalue weighted by molar-refractivity contribution is -0.149. The summed E-state index contributed by atoms with van der Waals surface area (Å²) >= 11 is 0. The Balaban J connectivity index is 2.58. The fourth-order valence-electron chi connectivity index (χ4n) is 2.13. The molecular formula is C16H24N2O3. The maximum Gasteiger partial charge on any atom is 0.319 e. The van der Waals surface area contributed by atoms with E-state index in [4.69, 9.17) is 0 Å². The number of benzene rings is 1. The number of aliphatic carboxylic acids is 1. The van der Waals surface area contributed by atoms with Crippen molar-refractivity contribution >= 4 is 17.7 Å². The second-order valence-electron chi connectivity index (χ2n) is 5.15. The van der Waals surface area contributed by atoms with Gasteiger partial charge in [-0.25, -0.2) is 4.79 Å². The summed E-state index contributed by atoms with van der Waals surface area (Å²) in [4.78, 5) is 23.2. The minimum absolute atomic E-state index is 0.119. The Morgan fingerprint density at radius 2 is 1.67 bits per heavy atom. The van der Waals surface area contributed by atoms with Crippen molar-refractivity contribution in [2.45, 2.75) is 40.0 Å². The van der Waals surface area contributed by atoms with E-state index >= 15 is 0 Å². The third-order valence-electron chi connectivity index (χ3n) is 4.01. The van der Waals surface area contributed by atoms with Gasteiger partial charge in [-0.1, -0.05) is 32.9 Å². The molecule has 0 atom stereocenters. The summed E-state index contributed by atoms with van der Waals surface area (Å²) in [6.45, 7) is 5.83. The van der Waals surface area contributed by atoms with Crippen LogP contribution in [0.4, 0.5) is 10.5 Å². The minimum atomic E-state index is -0.899. The maximum atomic E-state index is 11.9. The van der Waals surface area contributed by atoms with Crippen LogP contribution in [0.25, 0.3) is 0 Å². The van der Waals surface area contributed by atoms with Gasteiger partial charge >= 0.3 is 12.0 Å². The Kier molecular flexibility index (Phi) is 6.21. The molecular weight excluding hydrogens is 268 g/mol. The first kappa shape index (κ1) is 17.0. The van der Waals surface area contributed by atoms with Crippen LogP contribution in [-0.2, 0) is 11.2 Å². The number of amides is 2. The predicted octanol–water partition coefficient (Wildman–Crippen LogP) is 3.26. The average molecular weight is 292 g/mol. The van der Waals surface area contributed by atoms with Crippen molar-refractivity contribution in [2.75, 3.05) is 11.9 Å². The SMILES string of the molecule is CCc1ccc(NC(=O)NCC(CC)(CC)C(=O)O)cc1. The molecule has 1 rings (SSSR count). The average Bonchev–Trinajstić information content (AvgIpc) is 2.49. The molecule has 0 fully saturated rings. The summed E-state index contributed by atoms with van der Waals surface area (Å²) < 4.78 is 0. The van der Waals surface area contributed by atoms with Gasteiger partial charge in [-0.15, -0.1) is 0 Å². The molecule has 116 valence electrons. The normalized spacial score (nSPS) is 11.0. The number of carboxylic acids is 1. The van der Waals surface area contributed by atoms with E-state index in [2.05, 4.69) is 17.6 Å². The highest BCUT2D eigenvalue weighted by Gasteiger charge is 2.35. The van der Waals surface area contributed by atoms with Gasteiger partial charge in [-0.2, -0.15) is 0 Å². The molecule has 5 nitrogen and oxygen atoms in total. The molecule has 2 amide bonds. The number of carbonyl (C=O) groups excluding carboxylic acids is 1. The third-order valence-corrected chi connectivity index (χ3v) is 4.01. The number of aryl methyl sites for hydroxylation is 1. The standard InChI is InChI=1S/C16H24N2O3/c1-4-12-7-9-13(10-8-12)18-15(21)17-11-16(5-2,6-3)14(19)20/h7-10H,4-6,11H2,1-3H3,(H,19,20)(H2,17,18,21). The van der Waals surface area contributed by atoms with E-state index in [9.17, 15) is 14.7 Å². The van der Waals surface area contributed by atoms with Gasteiger partial charge in [0.1, 0.15) is 0 Å². The Bertz CT molecular complexity index is 479. The number of hydrogen-bond acceptors (Lipinski definition) is 2. The van der Waals surface area contributed by atoms with Gasteiger partial charge in [0.2, 0.25) is 0 Å². The molecule has 0 saturated carbocycles. The molecule has 0 bridgehead atoms. The van der Waals surface area contributed by atoms with Crippen molar-refractivity contribution in [3.8, 4) is 0 Å². The van der Waals surface area contributed by atoms with Crippen LogP contribution in [0.5, 0.6) is 0 Å². The van der Waals surface area contributed by atoms with Gasteiger partial charge in [0.25, 0.3) is 0 Å². The molecule has 0 saturated heterocycles. The van der Waals surface area contributed by atoms with Crippen LogP contribution < -0.4 is 10.6 Å². The van der Waals surface area contributed by atoms with Crippen LogP contribution >= 0.6 is 0 Å². The predicted molar refractivity (Wildman–Crippen MR) is 83.5 cm³/mol. The summed E-state index contributed by atoms with van der Waals surface area (Å²) in [5.41, 5.74) is 0.991. The van der Waals surface area contributed by atoms with Crippen LogP contribution in [0, 0.1) is 5.41 Å². The van der Waals surface area contributed by atoms with Gasteiger partial charge < -0.3 is 15.7 Å². The Morgan fingerprint density at radius 3 is 2.10 bits per heavy atom. The first-order chi connectivity index (χ1) is 9.97. The molecule has 0 aliphatic heterocycles. The minimum Gasteiger partial charge on any atom is -0.481 e. The van der Waals surface area contributed by atoms with E-state index in [1.165, 1.54) is 5.56 Å². The van der Waals surface area contributed by atoms with E-state index in [0.717, 1.165) is 6.42 Å². The lowest BCUT2D eigenvalue weighted by atomic mass is 9.82. The van der Waals surface area contributed by atoms with Gasteiger partial charge in [0.05, 0.1) is 5.41 Å². The van der Waals surface area contributed by atoms with Crippen molar-refractivity contribution in [2.24, 2.45) is 5.41 Å². The highest BCUT2D eigenvalue weighted by Crippen LogP contribution is 2.25. The second-order valence-corrected chi connectivity index (χ2v) is 5.15. The number of hydrogen-bond donors (Lipinski definition) is 3. The molecule has 21 heavy (non-hydrogen) atoms. The molecule has 5 heteroatoms. The first-order valence-corrected chi connectivity index (χ1v) is 7.34. The molecule has 0 heterocycles. The zero-order chi connectivity index (χ0) is 15.9. The number of carboxylic acid groups (broad SMARTS) is 1. The van der Waals surface area contributed by atoms with E-state index in [1.54, 1.807) is 0 Å². The summed E-state index contributed by atoms with van der Waals surface area (Å²) in [5.74, 6) is -0.875. The lowest BCUT2D eigenvalue weighted by Gasteiger charge is -2.26. The molecule has 0 aliphatic carbocycles. The Hall–Kier alpha value is -2.04. The largest absolute Gasteiger partial charge is 0.481 e. The summed E-state index contributed by atoms with van der Waals surface area (Å²) in [5, 5.41) is 14.7. The van der Waals surface area contributed by atoms with Gasteiger partial charge in [0, 0.05) is 12.2 Å². The number of rotatable bonds is 7. The number of carbonyl (C=O) groups is 2. The first-order valence-electron chi connectivity index (χ1n) is 7.34. The van der Waals surface area contributed by atoms with Crippen molar-refractivity contribution in [3.63, 3.8) is 0 Å².